The molecule has 0 bridgehead atoms. The largest absolute Gasteiger partial charge is 0.383 e. The summed E-state index contributed by atoms with van der Waals surface area (Å²) in [6.45, 7) is 3.27. The highest BCUT2D eigenvalue weighted by atomic mass is 16.2. The fourth-order valence-corrected chi connectivity index (χ4v) is 0.972. The Kier molecular flexibility index (Phi) is 5.65. The van der Waals surface area contributed by atoms with Crippen LogP contribution in [-0.4, -0.2) is 49.6 Å². The molecular formula is C13H22N2O2. The quantitative estimate of drug-likeness (QED) is 0.516. The molecule has 0 N–H and O–H groups in total. The minimum Gasteiger partial charge on any atom is -0.383 e. The van der Waals surface area contributed by atoms with E-state index < -0.39 is 5.41 Å². The maximum Gasteiger partial charge on any atom is 0.170 e. The number of carbonyl (C=O) groups is 2. The van der Waals surface area contributed by atoms with Gasteiger partial charge in [-0.3, -0.25) is 9.59 Å². The molecule has 0 spiro atoms. The van der Waals surface area contributed by atoms with Crippen molar-refractivity contribution in [2.75, 3.05) is 28.2 Å². The summed E-state index contributed by atoms with van der Waals surface area (Å²) < 4.78 is 0. The molecule has 0 unspecified atom stereocenters. The van der Waals surface area contributed by atoms with Gasteiger partial charge in [-0.05, 0) is 26.0 Å². The van der Waals surface area contributed by atoms with Crippen LogP contribution in [-0.2, 0) is 9.59 Å². The summed E-state index contributed by atoms with van der Waals surface area (Å²) in [7, 11) is 7.30. The molecule has 0 aliphatic heterocycles. The van der Waals surface area contributed by atoms with E-state index in [0.717, 1.165) is 0 Å². The van der Waals surface area contributed by atoms with Gasteiger partial charge in [0, 0.05) is 40.6 Å². The molecule has 0 aromatic carbocycles. The number of hydrogen-bond acceptors (Lipinski definition) is 4. The van der Waals surface area contributed by atoms with Crippen molar-refractivity contribution in [3.05, 3.63) is 24.6 Å². The SMILES string of the molecule is CN(C)/C=C/C(=O)C(C)(C)C(=O)/C=C/N(C)C. The number of ketones is 2. The van der Waals surface area contributed by atoms with E-state index in [2.05, 4.69) is 0 Å². The standard InChI is InChI=1S/C13H22N2O2/c1-13(2,11(16)7-9-14(3)4)12(17)8-10-15(5)6/h7-10H,1-6H3/b9-7+,10-8+. The topological polar surface area (TPSA) is 40.6 Å². The van der Waals surface area contributed by atoms with Crippen LogP contribution in [0, 0.1) is 5.41 Å². The van der Waals surface area contributed by atoms with Crippen LogP contribution in [0.3, 0.4) is 0 Å². The first-order chi connectivity index (χ1) is 7.67. The molecule has 0 saturated heterocycles. The van der Waals surface area contributed by atoms with E-state index in [1.165, 1.54) is 12.2 Å². The van der Waals surface area contributed by atoms with Gasteiger partial charge >= 0.3 is 0 Å². The molecule has 0 amide bonds. The number of allylic oxidation sites excluding steroid dienone is 2. The van der Waals surface area contributed by atoms with Crippen LogP contribution >= 0.6 is 0 Å². The van der Waals surface area contributed by atoms with E-state index in [1.54, 1.807) is 36.0 Å². The Bertz CT molecular complexity index is 307. The lowest BCUT2D eigenvalue weighted by Gasteiger charge is -2.18. The average Bonchev–Trinajstić information content (AvgIpc) is 2.21. The van der Waals surface area contributed by atoms with E-state index in [1.807, 2.05) is 28.2 Å². The fourth-order valence-electron chi connectivity index (χ4n) is 0.972. The first-order valence-electron chi connectivity index (χ1n) is 5.46. The molecule has 4 heteroatoms. The molecule has 0 atom stereocenters. The van der Waals surface area contributed by atoms with Gasteiger partial charge in [0.05, 0.1) is 5.41 Å². The minimum atomic E-state index is -1.01. The lowest BCUT2D eigenvalue weighted by molar-refractivity contribution is -0.133. The van der Waals surface area contributed by atoms with Crippen LogP contribution in [0.4, 0.5) is 0 Å². The normalized spacial score (nSPS) is 12.1. The van der Waals surface area contributed by atoms with Crippen LogP contribution < -0.4 is 0 Å². The monoisotopic (exact) mass is 238 g/mol. The van der Waals surface area contributed by atoms with Gasteiger partial charge in [-0.2, -0.15) is 0 Å². The zero-order valence-electron chi connectivity index (χ0n) is 11.5. The fraction of sp³-hybridized carbons (Fsp3) is 0.538. The van der Waals surface area contributed by atoms with E-state index in [-0.39, 0.29) is 11.6 Å². The molecule has 0 saturated carbocycles. The number of hydrogen-bond donors (Lipinski definition) is 0. The number of nitrogens with zero attached hydrogens (tertiary/aromatic N) is 2. The highest BCUT2D eigenvalue weighted by molar-refractivity contribution is 6.14. The summed E-state index contributed by atoms with van der Waals surface area (Å²) in [5.41, 5.74) is -1.01. The summed E-state index contributed by atoms with van der Waals surface area (Å²) in [6, 6.07) is 0. The van der Waals surface area contributed by atoms with Crippen molar-refractivity contribution >= 4 is 11.6 Å². The smallest absolute Gasteiger partial charge is 0.170 e. The van der Waals surface area contributed by atoms with Gasteiger partial charge < -0.3 is 9.80 Å². The third-order valence-corrected chi connectivity index (χ3v) is 2.28. The first-order valence-corrected chi connectivity index (χ1v) is 5.46. The van der Waals surface area contributed by atoms with Crippen LogP contribution in [0.1, 0.15) is 13.8 Å². The zero-order valence-corrected chi connectivity index (χ0v) is 11.5. The maximum absolute atomic E-state index is 11.9. The van der Waals surface area contributed by atoms with E-state index in [9.17, 15) is 9.59 Å². The Morgan fingerprint density at radius 3 is 1.35 bits per heavy atom. The summed E-state index contributed by atoms with van der Waals surface area (Å²) >= 11 is 0. The molecule has 0 aliphatic carbocycles. The molecule has 0 fully saturated rings. The molecule has 0 aromatic heterocycles. The molecule has 0 aromatic rings. The van der Waals surface area contributed by atoms with E-state index in [4.69, 9.17) is 0 Å². The van der Waals surface area contributed by atoms with Gasteiger partial charge in [0.1, 0.15) is 0 Å². The summed E-state index contributed by atoms with van der Waals surface area (Å²) in [4.78, 5) is 27.3. The van der Waals surface area contributed by atoms with Gasteiger partial charge in [-0.1, -0.05) is 0 Å². The third-order valence-electron chi connectivity index (χ3n) is 2.28. The summed E-state index contributed by atoms with van der Waals surface area (Å²) in [6.07, 6.45) is 6.16. The highest BCUT2D eigenvalue weighted by Crippen LogP contribution is 2.19. The van der Waals surface area contributed by atoms with Gasteiger partial charge in [0.15, 0.2) is 11.6 Å². The average molecular weight is 238 g/mol. The van der Waals surface area contributed by atoms with Crippen molar-refractivity contribution in [2.45, 2.75) is 13.8 Å². The highest BCUT2D eigenvalue weighted by Gasteiger charge is 2.32. The molecule has 4 nitrogen and oxygen atoms in total. The van der Waals surface area contributed by atoms with Crippen LogP contribution in [0.15, 0.2) is 24.6 Å². The van der Waals surface area contributed by atoms with Crippen molar-refractivity contribution in [2.24, 2.45) is 5.41 Å². The predicted octanol–water partition coefficient (Wildman–Crippen LogP) is 1.30. The van der Waals surface area contributed by atoms with Gasteiger partial charge in [0.25, 0.3) is 0 Å². The third kappa shape index (κ3) is 5.33. The second-order valence-electron chi connectivity index (χ2n) is 4.91. The summed E-state index contributed by atoms with van der Waals surface area (Å²) in [5, 5.41) is 0. The summed E-state index contributed by atoms with van der Waals surface area (Å²) in [5.74, 6) is -0.390. The predicted molar refractivity (Wildman–Crippen MR) is 69.4 cm³/mol. The molecule has 96 valence electrons. The van der Waals surface area contributed by atoms with Gasteiger partial charge in [-0.15, -0.1) is 0 Å². The molecular weight excluding hydrogens is 216 g/mol. The van der Waals surface area contributed by atoms with Crippen LogP contribution in [0.25, 0.3) is 0 Å². The minimum absolute atomic E-state index is 0.195. The zero-order chi connectivity index (χ0) is 13.6. The molecule has 0 aliphatic rings. The van der Waals surface area contributed by atoms with E-state index >= 15 is 0 Å². The van der Waals surface area contributed by atoms with Crippen molar-refractivity contribution in [3.63, 3.8) is 0 Å². The Hall–Kier alpha value is -1.58. The van der Waals surface area contributed by atoms with Crippen molar-refractivity contribution in [1.29, 1.82) is 0 Å². The van der Waals surface area contributed by atoms with E-state index in [0.29, 0.717) is 0 Å². The molecule has 17 heavy (non-hydrogen) atoms. The Labute approximate surface area is 104 Å². The molecule has 0 heterocycles. The second-order valence-corrected chi connectivity index (χ2v) is 4.91. The van der Waals surface area contributed by atoms with Gasteiger partial charge in [0.2, 0.25) is 0 Å². The lowest BCUT2D eigenvalue weighted by Crippen LogP contribution is -2.31. The lowest BCUT2D eigenvalue weighted by atomic mass is 9.83. The second kappa shape index (κ2) is 6.23. The maximum atomic E-state index is 11.9. The van der Waals surface area contributed by atoms with Crippen molar-refractivity contribution in [1.82, 2.24) is 9.80 Å². The number of rotatable bonds is 6. The van der Waals surface area contributed by atoms with Crippen LogP contribution in [0.2, 0.25) is 0 Å². The number of carbonyl (C=O) groups excluding carboxylic acids is 2. The van der Waals surface area contributed by atoms with Crippen LogP contribution in [0.5, 0.6) is 0 Å². The first kappa shape index (κ1) is 15.4. The van der Waals surface area contributed by atoms with Crippen molar-refractivity contribution in [3.8, 4) is 0 Å². The Morgan fingerprint density at radius 2 is 1.12 bits per heavy atom. The molecule has 0 radical (unpaired) electrons. The Morgan fingerprint density at radius 1 is 0.824 bits per heavy atom. The van der Waals surface area contributed by atoms with Gasteiger partial charge in [-0.25, -0.2) is 0 Å². The molecule has 0 rings (SSSR count). The van der Waals surface area contributed by atoms with Crippen molar-refractivity contribution < 1.29 is 9.59 Å². The Balaban J connectivity index is 4.77.